The minimum Gasteiger partial charge on any atom is -0.366 e. The first-order valence-corrected chi connectivity index (χ1v) is 4.52. The summed E-state index contributed by atoms with van der Waals surface area (Å²) in [6.07, 6.45) is 1.71. The van der Waals surface area contributed by atoms with E-state index < -0.39 is 5.91 Å². The molecule has 0 bridgehead atoms. The van der Waals surface area contributed by atoms with Gasteiger partial charge >= 0.3 is 0 Å². The largest absolute Gasteiger partial charge is 0.366 e. The summed E-state index contributed by atoms with van der Waals surface area (Å²) in [5.41, 5.74) is 6.70. The van der Waals surface area contributed by atoms with Crippen molar-refractivity contribution in [3.8, 4) is 0 Å². The number of hydrogen-bond acceptors (Lipinski definition) is 1. The molecule has 2 N–H and O–H groups in total. The second kappa shape index (κ2) is 3.03. The zero-order chi connectivity index (χ0) is 10.3. The number of aryl methyl sites for hydroxylation is 1. The number of carbonyl (C=O) groups is 1. The Morgan fingerprint density at radius 1 is 1.50 bits per heavy atom. The quantitative estimate of drug-likeness (QED) is 0.765. The van der Waals surface area contributed by atoms with Gasteiger partial charge in [-0.2, -0.15) is 0 Å². The summed E-state index contributed by atoms with van der Waals surface area (Å²) in [5.74, 6) is -0.433. The number of nitrogens with zero attached hydrogens (tertiary/aromatic N) is 1. The lowest BCUT2D eigenvalue weighted by Crippen LogP contribution is -2.09. The lowest BCUT2D eigenvalue weighted by atomic mass is 10.2. The maximum Gasteiger partial charge on any atom is 0.250 e. The second-order valence-electron chi connectivity index (χ2n) is 3.18. The molecule has 1 aromatic carbocycles. The van der Waals surface area contributed by atoms with Gasteiger partial charge in [0, 0.05) is 29.2 Å². The number of benzene rings is 1. The van der Waals surface area contributed by atoms with Crippen molar-refractivity contribution in [3.63, 3.8) is 0 Å². The molecule has 1 aromatic heterocycles. The van der Waals surface area contributed by atoms with E-state index in [-0.39, 0.29) is 0 Å². The first kappa shape index (κ1) is 9.09. The monoisotopic (exact) mass is 208 g/mol. The molecule has 3 nitrogen and oxygen atoms in total. The van der Waals surface area contributed by atoms with Gasteiger partial charge in [0.2, 0.25) is 0 Å². The maximum absolute atomic E-state index is 11.1. The van der Waals surface area contributed by atoms with Gasteiger partial charge in [-0.1, -0.05) is 11.6 Å². The number of halogens is 1. The van der Waals surface area contributed by atoms with Gasteiger partial charge in [-0.3, -0.25) is 4.79 Å². The maximum atomic E-state index is 11.1. The van der Waals surface area contributed by atoms with Crippen molar-refractivity contribution in [3.05, 3.63) is 35.0 Å². The van der Waals surface area contributed by atoms with Crippen LogP contribution in [0, 0.1) is 0 Å². The average Bonchev–Trinajstić information content (AvgIpc) is 2.43. The Balaban J connectivity index is 2.85. The first-order chi connectivity index (χ1) is 6.59. The van der Waals surface area contributed by atoms with Crippen LogP contribution in [-0.4, -0.2) is 10.5 Å². The molecule has 0 aliphatic carbocycles. The predicted molar refractivity (Wildman–Crippen MR) is 56.4 cm³/mol. The van der Waals surface area contributed by atoms with Crippen LogP contribution in [0.25, 0.3) is 10.9 Å². The molecule has 0 aliphatic rings. The molecule has 1 amide bonds. The summed E-state index contributed by atoms with van der Waals surface area (Å²) >= 11 is 5.84. The highest BCUT2D eigenvalue weighted by Crippen LogP contribution is 2.23. The van der Waals surface area contributed by atoms with Crippen LogP contribution in [0.2, 0.25) is 5.02 Å². The minimum absolute atomic E-state index is 0.433. The lowest BCUT2D eigenvalue weighted by Gasteiger charge is -1.95. The van der Waals surface area contributed by atoms with E-state index in [4.69, 9.17) is 17.3 Å². The molecule has 0 unspecified atom stereocenters. The molecule has 4 heteroatoms. The van der Waals surface area contributed by atoms with Crippen LogP contribution in [0.4, 0.5) is 0 Å². The van der Waals surface area contributed by atoms with Crippen molar-refractivity contribution in [1.82, 2.24) is 4.57 Å². The van der Waals surface area contributed by atoms with E-state index in [1.165, 1.54) is 0 Å². The fourth-order valence-electron chi connectivity index (χ4n) is 1.56. The van der Waals surface area contributed by atoms with Crippen LogP contribution >= 0.6 is 11.6 Å². The minimum atomic E-state index is -0.433. The van der Waals surface area contributed by atoms with E-state index in [9.17, 15) is 4.79 Å². The third-order valence-corrected chi connectivity index (χ3v) is 2.45. The van der Waals surface area contributed by atoms with Crippen molar-refractivity contribution in [2.45, 2.75) is 0 Å². The number of fused-ring (bicyclic) bond motifs is 1. The van der Waals surface area contributed by atoms with Gasteiger partial charge in [-0.25, -0.2) is 0 Å². The van der Waals surface area contributed by atoms with Gasteiger partial charge in [-0.05, 0) is 18.2 Å². The lowest BCUT2D eigenvalue weighted by molar-refractivity contribution is 0.100. The molecule has 0 spiro atoms. The molecule has 0 atom stereocenters. The summed E-state index contributed by atoms with van der Waals surface area (Å²) in [7, 11) is 1.86. The second-order valence-corrected chi connectivity index (χ2v) is 3.62. The molecule has 0 saturated carbocycles. The van der Waals surface area contributed by atoms with Gasteiger partial charge in [0.15, 0.2) is 0 Å². The van der Waals surface area contributed by atoms with Crippen LogP contribution in [0.15, 0.2) is 24.4 Å². The fraction of sp³-hybridized carbons (Fsp3) is 0.100. The summed E-state index contributed by atoms with van der Waals surface area (Å²) < 4.78 is 1.85. The molecule has 72 valence electrons. The molecule has 2 rings (SSSR count). The van der Waals surface area contributed by atoms with Gasteiger partial charge in [0.05, 0.1) is 5.56 Å². The fourth-order valence-corrected chi connectivity index (χ4v) is 1.73. The number of hydrogen-bond donors (Lipinski definition) is 1. The van der Waals surface area contributed by atoms with Gasteiger partial charge < -0.3 is 10.3 Å². The molecular weight excluding hydrogens is 200 g/mol. The van der Waals surface area contributed by atoms with Crippen LogP contribution in [0.3, 0.4) is 0 Å². The highest BCUT2D eigenvalue weighted by molar-refractivity contribution is 6.31. The third kappa shape index (κ3) is 1.26. The van der Waals surface area contributed by atoms with E-state index in [1.54, 1.807) is 18.3 Å². The number of primary amides is 1. The van der Waals surface area contributed by atoms with Crippen molar-refractivity contribution in [1.29, 1.82) is 0 Å². The summed E-state index contributed by atoms with van der Waals surface area (Å²) in [6.45, 7) is 0. The van der Waals surface area contributed by atoms with Crippen molar-refractivity contribution in [2.24, 2.45) is 12.8 Å². The van der Waals surface area contributed by atoms with E-state index in [0.717, 1.165) is 10.9 Å². The standard InChI is InChI=1S/C10H9ClN2O/c1-13-5-8(10(12)14)7-4-6(11)2-3-9(7)13/h2-5H,1H3,(H2,12,14). The molecule has 0 aliphatic heterocycles. The predicted octanol–water partition coefficient (Wildman–Crippen LogP) is 1.93. The Morgan fingerprint density at radius 2 is 2.21 bits per heavy atom. The summed E-state index contributed by atoms with van der Waals surface area (Å²) in [4.78, 5) is 11.1. The molecule has 1 heterocycles. The molecular formula is C10H9ClN2O. The zero-order valence-electron chi connectivity index (χ0n) is 7.62. The highest BCUT2D eigenvalue weighted by Gasteiger charge is 2.10. The highest BCUT2D eigenvalue weighted by atomic mass is 35.5. The summed E-state index contributed by atoms with van der Waals surface area (Å²) in [5, 5.41) is 1.40. The SMILES string of the molecule is Cn1cc(C(N)=O)c2cc(Cl)ccc21. The molecule has 14 heavy (non-hydrogen) atoms. The van der Waals surface area contributed by atoms with E-state index >= 15 is 0 Å². The zero-order valence-corrected chi connectivity index (χ0v) is 8.38. The Labute approximate surface area is 86.1 Å². The van der Waals surface area contributed by atoms with Crippen molar-refractivity contribution in [2.75, 3.05) is 0 Å². The number of carbonyl (C=O) groups excluding carboxylic acids is 1. The van der Waals surface area contributed by atoms with Gasteiger partial charge in [0.1, 0.15) is 0 Å². The van der Waals surface area contributed by atoms with Crippen molar-refractivity contribution < 1.29 is 4.79 Å². The van der Waals surface area contributed by atoms with Gasteiger partial charge in [-0.15, -0.1) is 0 Å². The molecule has 2 aromatic rings. The average molecular weight is 209 g/mol. The van der Waals surface area contributed by atoms with Crippen LogP contribution in [0.1, 0.15) is 10.4 Å². The molecule has 0 fully saturated rings. The number of aromatic nitrogens is 1. The van der Waals surface area contributed by atoms with Crippen LogP contribution < -0.4 is 5.73 Å². The smallest absolute Gasteiger partial charge is 0.250 e. The first-order valence-electron chi connectivity index (χ1n) is 4.14. The van der Waals surface area contributed by atoms with E-state index in [1.807, 2.05) is 17.7 Å². The third-order valence-electron chi connectivity index (χ3n) is 2.22. The summed E-state index contributed by atoms with van der Waals surface area (Å²) in [6, 6.07) is 5.40. The number of rotatable bonds is 1. The van der Waals surface area contributed by atoms with E-state index in [2.05, 4.69) is 0 Å². The Kier molecular flexibility index (Phi) is 1.97. The normalized spacial score (nSPS) is 10.7. The van der Waals surface area contributed by atoms with Crippen LogP contribution in [-0.2, 0) is 7.05 Å². The Morgan fingerprint density at radius 3 is 2.86 bits per heavy atom. The number of nitrogens with two attached hydrogens (primary N) is 1. The Bertz CT molecular complexity index is 516. The van der Waals surface area contributed by atoms with E-state index in [0.29, 0.717) is 10.6 Å². The molecule has 0 saturated heterocycles. The van der Waals surface area contributed by atoms with Crippen molar-refractivity contribution >= 4 is 28.4 Å². The Hall–Kier alpha value is -1.48. The molecule has 0 radical (unpaired) electrons. The van der Waals surface area contributed by atoms with Crippen LogP contribution in [0.5, 0.6) is 0 Å². The van der Waals surface area contributed by atoms with Gasteiger partial charge in [0.25, 0.3) is 5.91 Å². The number of amides is 1. The topological polar surface area (TPSA) is 48.0 Å².